The largest absolute Gasteiger partial charge is 0.365 e. The first-order valence-electron chi connectivity index (χ1n) is 6.63. The number of para-hydroxylation sites is 1. The number of anilines is 1. The first kappa shape index (κ1) is 13.6. The Labute approximate surface area is 114 Å². The molecule has 0 amide bonds. The van der Waals surface area contributed by atoms with E-state index in [1.807, 2.05) is 24.3 Å². The predicted octanol–water partition coefficient (Wildman–Crippen LogP) is 3.09. The lowest BCUT2D eigenvalue weighted by Gasteiger charge is -2.29. The molecule has 3 heteroatoms. The van der Waals surface area contributed by atoms with Crippen molar-refractivity contribution < 1.29 is 0 Å². The minimum absolute atomic E-state index is 0.398. The SMILES string of the molecule is C=CCN(c1cc(CN)nc2ccccc12)C(C)C. The van der Waals surface area contributed by atoms with Gasteiger partial charge in [0, 0.05) is 30.2 Å². The van der Waals surface area contributed by atoms with E-state index in [-0.39, 0.29) is 0 Å². The molecule has 0 spiro atoms. The number of hydrogen-bond acceptors (Lipinski definition) is 3. The first-order chi connectivity index (χ1) is 9.17. The van der Waals surface area contributed by atoms with Gasteiger partial charge in [0.25, 0.3) is 0 Å². The molecule has 0 aliphatic rings. The zero-order valence-electron chi connectivity index (χ0n) is 11.6. The molecule has 1 aromatic heterocycles. The Hall–Kier alpha value is -1.87. The molecule has 0 fully saturated rings. The molecule has 2 rings (SSSR count). The van der Waals surface area contributed by atoms with Gasteiger partial charge < -0.3 is 10.6 Å². The summed E-state index contributed by atoms with van der Waals surface area (Å²) >= 11 is 0. The Kier molecular flexibility index (Phi) is 4.17. The van der Waals surface area contributed by atoms with E-state index in [0.717, 1.165) is 23.1 Å². The second-order valence-electron chi connectivity index (χ2n) is 4.89. The lowest BCUT2D eigenvalue weighted by Crippen LogP contribution is -2.31. The Balaban J connectivity index is 2.64. The van der Waals surface area contributed by atoms with Gasteiger partial charge >= 0.3 is 0 Å². The minimum Gasteiger partial charge on any atom is -0.365 e. The molecule has 0 aliphatic heterocycles. The van der Waals surface area contributed by atoms with Gasteiger partial charge in [0.1, 0.15) is 0 Å². The lowest BCUT2D eigenvalue weighted by molar-refractivity contribution is 0.724. The van der Waals surface area contributed by atoms with E-state index in [0.29, 0.717) is 12.6 Å². The van der Waals surface area contributed by atoms with Gasteiger partial charge in [0.05, 0.1) is 11.2 Å². The van der Waals surface area contributed by atoms with Crippen LogP contribution < -0.4 is 10.6 Å². The fourth-order valence-electron chi connectivity index (χ4n) is 2.28. The molecule has 0 unspecified atom stereocenters. The molecular formula is C16H21N3. The molecule has 0 aliphatic carbocycles. The molecule has 2 N–H and O–H groups in total. The van der Waals surface area contributed by atoms with Crippen LogP contribution in [0.3, 0.4) is 0 Å². The maximum absolute atomic E-state index is 5.76. The highest BCUT2D eigenvalue weighted by Gasteiger charge is 2.13. The third-order valence-electron chi connectivity index (χ3n) is 3.22. The van der Waals surface area contributed by atoms with Crippen molar-refractivity contribution in [3.05, 3.63) is 48.7 Å². The average Bonchev–Trinajstić information content (AvgIpc) is 2.43. The quantitative estimate of drug-likeness (QED) is 0.835. The van der Waals surface area contributed by atoms with E-state index >= 15 is 0 Å². The fraction of sp³-hybridized carbons (Fsp3) is 0.312. The second kappa shape index (κ2) is 5.85. The molecule has 1 heterocycles. The smallest absolute Gasteiger partial charge is 0.0726 e. The summed E-state index contributed by atoms with van der Waals surface area (Å²) in [6, 6.07) is 10.7. The van der Waals surface area contributed by atoms with Gasteiger partial charge in [0.2, 0.25) is 0 Å². The molecule has 0 saturated heterocycles. The lowest BCUT2D eigenvalue weighted by atomic mass is 10.1. The van der Waals surface area contributed by atoms with E-state index in [4.69, 9.17) is 5.73 Å². The van der Waals surface area contributed by atoms with Crippen molar-refractivity contribution >= 4 is 16.6 Å². The molecule has 100 valence electrons. The van der Waals surface area contributed by atoms with Gasteiger partial charge in [-0.05, 0) is 26.0 Å². The van der Waals surface area contributed by atoms with Crippen LogP contribution in [-0.4, -0.2) is 17.6 Å². The maximum atomic E-state index is 5.76. The zero-order valence-corrected chi connectivity index (χ0v) is 11.6. The molecule has 0 atom stereocenters. The van der Waals surface area contributed by atoms with Crippen molar-refractivity contribution in [3.63, 3.8) is 0 Å². The highest BCUT2D eigenvalue weighted by molar-refractivity contribution is 5.92. The summed E-state index contributed by atoms with van der Waals surface area (Å²) in [5.41, 5.74) is 8.86. The van der Waals surface area contributed by atoms with Crippen molar-refractivity contribution in [2.45, 2.75) is 26.4 Å². The number of rotatable bonds is 5. The van der Waals surface area contributed by atoms with Crippen molar-refractivity contribution in [2.24, 2.45) is 5.73 Å². The van der Waals surface area contributed by atoms with Crippen LogP contribution in [0.5, 0.6) is 0 Å². The highest BCUT2D eigenvalue weighted by Crippen LogP contribution is 2.28. The minimum atomic E-state index is 0.398. The van der Waals surface area contributed by atoms with Crippen molar-refractivity contribution in [1.82, 2.24) is 4.98 Å². The maximum Gasteiger partial charge on any atom is 0.0726 e. The van der Waals surface area contributed by atoms with Crippen LogP contribution in [0.2, 0.25) is 0 Å². The normalized spacial score (nSPS) is 10.9. The third-order valence-corrected chi connectivity index (χ3v) is 3.22. The molecule has 3 nitrogen and oxygen atoms in total. The number of hydrogen-bond donors (Lipinski definition) is 1. The number of fused-ring (bicyclic) bond motifs is 1. The summed E-state index contributed by atoms with van der Waals surface area (Å²) in [5.74, 6) is 0. The van der Waals surface area contributed by atoms with E-state index < -0.39 is 0 Å². The monoisotopic (exact) mass is 255 g/mol. The van der Waals surface area contributed by atoms with E-state index in [9.17, 15) is 0 Å². The van der Waals surface area contributed by atoms with Crippen molar-refractivity contribution in [2.75, 3.05) is 11.4 Å². The number of nitrogens with zero attached hydrogens (tertiary/aromatic N) is 2. The number of benzene rings is 1. The highest BCUT2D eigenvalue weighted by atomic mass is 15.1. The predicted molar refractivity (Wildman–Crippen MR) is 82.3 cm³/mol. The second-order valence-corrected chi connectivity index (χ2v) is 4.89. The molecule has 0 bridgehead atoms. The standard InChI is InChI=1S/C16H21N3/c1-4-9-19(12(2)3)16-10-13(11-17)18-15-8-6-5-7-14(15)16/h4-8,10,12H,1,9,11,17H2,2-3H3. The van der Waals surface area contributed by atoms with Crippen LogP contribution in [0.15, 0.2) is 43.0 Å². The van der Waals surface area contributed by atoms with Crippen molar-refractivity contribution in [3.8, 4) is 0 Å². The van der Waals surface area contributed by atoms with Gasteiger partial charge in [-0.3, -0.25) is 4.98 Å². The Bertz CT molecular complexity index is 575. The van der Waals surface area contributed by atoms with Gasteiger partial charge in [-0.25, -0.2) is 0 Å². The Morgan fingerprint density at radius 3 is 2.74 bits per heavy atom. The molecule has 0 saturated carbocycles. The third kappa shape index (κ3) is 2.76. The van der Waals surface area contributed by atoms with Gasteiger partial charge in [-0.15, -0.1) is 6.58 Å². The summed E-state index contributed by atoms with van der Waals surface area (Å²) < 4.78 is 0. The van der Waals surface area contributed by atoms with E-state index in [1.54, 1.807) is 0 Å². The van der Waals surface area contributed by atoms with Crippen LogP contribution in [0, 0.1) is 0 Å². The summed E-state index contributed by atoms with van der Waals surface area (Å²) in [5, 5.41) is 1.16. The van der Waals surface area contributed by atoms with Crippen LogP contribution >= 0.6 is 0 Å². The molecule has 19 heavy (non-hydrogen) atoms. The Morgan fingerprint density at radius 1 is 1.37 bits per heavy atom. The molecule has 1 aromatic carbocycles. The number of pyridine rings is 1. The Morgan fingerprint density at radius 2 is 2.11 bits per heavy atom. The molecular weight excluding hydrogens is 234 g/mol. The summed E-state index contributed by atoms with van der Waals surface area (Å²) in [7, 11) is 0. The molecule has 0 radical (unpaired) electrons. The zero-order chi connectivity index (χ0) is 13.8. The van der Waals surface area contributed by atoms with Gasteiger partial charge in [0.15, 0.2) is 0 Å². The number of nitrogens with two attached hydrogens (primary N) is 1. The van der Waals surface area contributed by atoms with E-state index in [1.165, 1.54) is 5.69 Å². The van der Waals surface area contributed by atoms with Crippen LogP contribution in [-0.2, 0) is 6.54 Å². The van der Waals surface area contributed by atoms with Crippen molar-refractivity contribution in [1.29, 1.82) is 0 Å². The van der Waals surface area contributed by atoms with Crippen LogP contribution in [0.25, 0.3) is 10.9 Å². The van der Waals surface area contributed by atoms with Crippen LogP contribution in [0.4, 0.5) is 5.69 Å². The summed E-state index contributed by atoms with van der Waals surface area (Å²) in [6.45, 7) is 9.48. The molecule has 2 aromatic rings. The first-order valence-corrected chi connectivity index (χ1v) is 6.63. The van der Waals surface area contributed by atoms with Crippen LogP contribution in [0.1, 0.15) is 19.5 Å². The van der Waals surface area contributed by atoms with Gasteiger partial charge in [-0.1, -0.05) is 24.3 Å². The summed E-state index contributed by atoms with van der Waals surface area (Å²) in [6.07, 6.45) is 1.93. The number of aromatic nitrogens is 1. The summed E-state index contributed by atoms with van der Waals surface area (Å²) in [4.78, 5) is 6.89. The van der Waals surface area contributed by atoms with Gasteiger partial charge in [-0.2, -0.15) is 0 Å². The average molecular weight is 255 g/mol. The fourth-order valence-corrected chi connectivity index (χ4v) is 2.28. The topological polar surface area (TPSA) is 42.1 Å². The van der Waals surface area contributed by atoms with E-state index in [2.05, 4.69) is 42.4 Å².